The zero-order chi connectivity index (χ0) is 21.4. The van der Waals surface area contributed by atoms with Crippen molar-refractivity contribution in [2.45, 2.75) is 18.0 Å². The number of carbonyl (C=O) groups is 1. The molecule has 2 N–H and O–H groups in total. The summed E-state index contributed by atoms with van der Waals surface area (Å²) >= 11 is 0. The Kier molecular flexibility index (Phi) is 7.60. The average Bonchev–Trinajstić information content (AvgIpc) is 2.78. The third-order valence-corrected chi connectivity index (χ3v) is 6.19. The van der Waals surface area contributed by atoms with Gasteiger partial charge in [0.1, 0.15) is 0 Å². The minimum Gasteiger partial charge on any atom is -0.379 e. The third kappa shape index (κ3) is 6.15. The highest BCUT2D eigenvalue weighted by Crippen LogP contribution is 2.12. The van der Waals surface area contributed by atoms with Gasteiger partial charge in [-0.3, -0.25) is 9.69 Å². The summed E-state index contributed by atoms with van der Waals surface area (Å²) in [7, 11) is -3.67. The van der Waals surface area contributed by atoms with Crippen LogP contribution in [0.4, 0.5) is 0 Å². The third-order valence-electron chi connectivity index (χ3n) is 4.78. The minimum absolute atomic E-state index is 0.0603. The van der Waals surface area contributed by atoms with E-state index >= 15 is 0 Å². The lowest BCUT2D eigenvalue weighted by Gasteiger charge is -2.26. The number of sulfonamides is 1. The SMILES string of the molecule is C#CCNS(=O)(=O)c1ccc(C(=O)NCc2ccc(CN3CCOCC3)cc2)cc1. The van der Waals surface area contributed by atoms with Gasteiger partial charge in [-0.1, -0.05) is 30.2 Å². The summed E-state index contributed by atoms with van der Waals surface area (Å²) in [6, 6.07) is 13.9. The van der Waals surface area contributed by atoms with Crippen LogP contribution < -0.4 is 10.0 Å². The summed E-state index contributed by atoms with van der Waals surface area (Å²) in [4.78, 5) is 14.8. The van der Waals surface area contributed by atoms with Crippen molar-refractivity contribution in [3.63, 3.8) is 0 Å². The van der Waals surface area contributed by atoms with Gasteiger partial charge in [0.25, 0.3) is 5.91 Å². The number of carbonyl (C=O) groups excluding carboxylic acids is 1. The fourth-order valence-corrected chi connectivity index (χ4v) is 4.00. The molecule has 1 aliphatic heterocycles. The Balaban J connectivity index is 1.52. The maximum Gasteiger partial charge on any atom is 0.251 e. The molecule has 7 nitrogen and oxygen atoms in total. The summed E-state index contributed by atoms with van der Waals surface area (Å²) in [6.07, 6.45) is 5.07. The Morgan fingerprint density at radius 2 is 1.67 bits per heavy atom. The van der Waals surface area contributed by atoms with E-state index in [0.717, 1.165) is 38.4 Å². The standard InChI is InChI=1S/C22H25N3O4S/c1-2-11-24-30(27,28)21-9-7-20(8-10-21)22(26)23-16-18-3-5-19(6-4-18)17-25-12-14-29-15-13-25/h1,3-10,24H,11-17H2,(H,23,26). The fraction of sp³-hybridized carbons (Fsp3) is 0.318. The molecule has 0 unspecified atom stereocenters. The Hall–Kier alpha value is -2.70. The van der Waals surface area contributed by atoms with Crippen LogP contribution in [0.1, 0.15) is 21.5 Å². The normalized spacial score (nSPS) is 14.8. The number of nitrogens with zero attached hydrogens (tertiary/aromatic N) is 1. The molecule has 1 fully saturated rings. The van der Waals surface area contributed by atoms with Gasteiger partial charge in [-0.05, 0) is 35.4 Å². The van der Waals surface area contributed by atoms with Crippen molar-refractivity contribution in [2.75, 3.05) is 32.8 Å². The summed E-state index contributed by atoms with van der Waals surface area (Å²) < 4.78 is 31.7. The fourth-order valence-electron chi connectivity index (χ4n) is 3.07. The van der Waals surface area contributed by atoms with E-state index in [0.29, 0.717) is 12.1 Å². The molecule has 158 valence electrons. The first-order valence-electron chi connectivity index (χ1n) is 9.67. The number of benzene rings is 2. The van der Waals surface area contributed by atoms with E-state index in [2.05, 4.69) is 33.0 Å². The van der Waals surface area contributed by atoms with Crippen LogP contribution in [0.15, 0.2) is 53.4 Å². The molecule has 2 aromatic carbocycles. The van der Waals surface area contributed by atoms with Crippen LogP contribution >= 0.6 is 0 Å². The molecule has 0 radical (unpaired) electrons. The van der Waals surface area contributed by atoms with E-state index in [9.17, 15) is 13.2 Å². The molecule has 2 aromatic rings. The number of rotatable bonds is 8. The maximum absolute atomic E-state index is 12.4. The van der Waals surface area contributed by atoms with Crippen LogP contribution in [0.5, 0.6) is 0 Å². The molecule has 0 aromatic heterocycles. The lowest BCUT2D eigenvalue weighted by molar-refractivity contribution is 0.0342. The second-order valence-corrected chi connectivity index (χ2v) is 8.71. The predicted molar refractivity (Wildman–Crippen MR) is 114 cm³/mol. The topological polar surface area (TPSA) is 87.7 Å². The molecular weight excluding hydrogens is 402 g/mol. The predicted octanol–water partition coefficient (Wildman–Crippen LogP) is 1.36. The van der Waals surface area contributed by atoms with Crippen molar-refractivity contribution >= 4 is 15.9 Å². The van der Waals surface area contributed by atoms with E-state index in [1.807, 2.05) is 12.1 Å². The molecule has 1 aliphatic rings. The van der Waals surface area contributed by atoms with E-state index in [-0.39, 0.29) is 17.3 Å². The number of terminal acetylenes is 1. The van der Waals surface area contributed by atoms with Gasteiger partial charge in [-0.15, -0.1) is 6.42 Å². The molecule has 3 rings (SSSR count). The number of morpholine rings is 1. The lowest BCUT2D eigenvalue weighted by Crippen LogP contribution is -2.35. The first-order valence-corrected chi connectivity index (χ1v) is 11.2. The van der Waals surface area contributed by atoms with Crippen LogP contribution in [0, 0.1) is 12.3 Å². The molecule has 0 bridgehead atoms. The van der Waals surface area contributed by atoms with E-state index in [4.69, 9.17) is 11.2 Å². The Morgan fingerprint density at radius 1 is 1.03 bits per heavy atom. The van der Waals surface area contributed by atoms with Crippen LogP contribution in [-0.2, 0) is 27.8 Å². The number of nitrogens with one attached hydrogen (secondary N) is 2. The van der Waals surface area contributed by atoms with Crippen molar-refractivity contribution in [2.24, 2.45) is 0 Å². The molecule has 1 saturated heterocycles. The molecule has 0 saturated carbocycles. The van der Waals surface area contributed by atoms with Crippen molar-refractivity contribution in [3.05, 3.63) is 65.2 Å². The zero-order valence-corrected chi connectivity index (χ0v) is 17.5. The van der Waals surface area contributed by atoms with E-state index in [1.165, 1.54) is 29.8 Å². The van der Waals surface area contributed by atoms with Gasteiger partial charge < -0.3 is 10.1 Å². The molecule has 0 spiro atoms. The van der Waals surface area contributed by atoms with E-state index in [1.54, 1.807) is 0 Å². The van der Waals surface area contributed by atoms with Crippen molar-refractivity contribution in [1.29, 1.82) is 0 Å². The molecule has 1 heterocycles. The zero-order valence-electron chi connectivity index (χ0n) is 16.6. The van der Waals surface area contributed by atoms with Crippen LogP contribution in [0.25, 0.3) is 0 Å². The Morgan fingerprint density at radius 3 is 2.30 bits per heavy atom. The summed E-state index contributed by atoms with van der Waals surface area (Å²) in [5.74, 6) is 1.95. The Bertz CT molecular complexity index is 990. The quantitative estimate of drug-likeness (QED) is 0.621. The highest BCUT2D eigenvalue weighted by atomic mass is 32.2. The van der Waals surface area contributed by atoms with Gasteiger partial charge in [0.05, 0.1) is 24.7 Å². The molecule has 0 aliphatic carbocycles. The van der Waals surface area contributed by atoms with Crippen molar-refractivity contribution in [1.82, 2.24) is 14.9 Å². The molecule has 1 amide bonds. The van der Waals surface area contributed by atoms with Gasteiger partial charge in [-0.25, -0.2) is 8.42 Å². The summed E-state index contributed by atoms with van der Waals surface area (Å²) in [5, 5.41) is 2.85. The monoisotopic (exact) mass is 427 g/mol. The lowest BCUT2D eigenvalue weighted by atomic mass is 10.1. The second kappa shape index (κ2) is 10.4. The highest BCUT2D eigenvalue weighted by Gasteiger charge is 2.14. The van der Waals surface area contributed by atoms with Crippen LogP contribution in [0.2, 0.25) is 0 Å². The number of hydrogen-bond acceptors (Lipinski definition) is 5. The maximum atomic E-state index is 12.4. The Labute approximate surface area is 177 Å². The average molecular weight is 428 g/mol. The minimum atomic E-state index is -3.67. The molecule has 30 heavy (non-hydrogen) atoms. The van der Waals surface area contributed by atoms with Crippen LogP contribution in [0.3, 0.4) is 0 Å². The summed E-state index contributed by atoms with van der Waals surface area (Å²) in [6.45, 7) is 4.63. The van der Waals surface area contributed by atoms with Gasteiger partial charge >= 0.3 is 0 Å². The van der Waals surface area contributed by atoms with Gasteiger partial charge in [0.15, 0.2) is 0 Å². The highest BCUT2D eigenvalue weighted by molar-refractivity contribution is 7.89. The number of hydrogen-bond donors (Lipinski definition) is 2. The second-order valence-electron chi connectivity index (χ2n) is 6.94. The number of amides is 1. The van der Waals surface area contributed by atoms with E-state index < -0.39 is 10.0 Å². The van der Waals surface area contributed by atoms with Gasteiger partial charge in [0.2, 0.25) is 10.0 Å². The van der Waals surface area contributed by atoms with Crippen LogP contribution in [-0.4, -0.2) is 52.1 Å². The first kappa shape index (κ1) is 22.0. The molecule has 0 atom stereocenters. The first-order chi connectivity index (χ1) is 14.5. The van der Waals surface area contributed by atoms with Gasteiger partial charge in [0, 0.05) is 31.7 Å². The largest absolute Gasteiger partial charge is 0.379 e. The van der Waals surface area contributed by atoms with Crippen molar-refractivity contribution in [3.8, 4) is 12.3 Å². The number of ether oxygens (including phenoxy) is 1. The molecular formula is C22H25N3O4S. The van der Waals surface area contributed by atoms with Gasteiger partial charge in [-0.2, -0.15) is 4.72 Å². The van der Waals surface area contributed by atoms with Crippen molar-refractivity contribution < 1.29 is 17.9 Å². The smallest absolute Gasteiger partial charge is 0.251 e. The summed E-state index contributed by atoms with van der Waals surface area (Å²) in [5.41, 5.74) is 2.60. The molecule has 8 heteroatoms.